The zero-order chi connectivity index (χ0) is 21.5. The summed E-state index contributed by atoms with van der Waals surface area (Å²) < 4.78 is 3.12. The van der Waals surface area contributed by atoms with Gasteiger partial charge < -0.3 is 0 Å². The van der Waals surface area contributed by atoms with Crippen LogP contribution in [0.4, 0.5) is 0 Å². The molecule has 0 atom stereocenters. The van der Waals surface area contributed by atoms with E-state index in [-0.39, 0.29) is 11.1 Å². The zero-order valence-corrected chi connectivity index (χ0v) is 18.4. The lowest BCUT2D eigenvalue weighted by atomic mass is 10.2. The molecule has 0 unspecified atom stereocenters. The molecule has 31 heavy (non-hydrogen) atoms. The molecule has 0 N–H and O–H groups in total. The van der Waals surface area contributed by atoms with Gasteiger partial charge in [0.1, 0.15) is 5.82 Å². The van der Waals surface area contributed by atoms with Crippen LogP contribution < -0.4 is 11.1 Å². The third-order valence-electron chi connectivity index (χ3n) is 4.85. The molecule has 0 bridgehead atoms. The highest BCUT2D eigenvalue weighted by Crippen LogP contribution is 2.24. The van der Waals surface area contributed by atoms with Gasteiger partial charge in [0.05, 0.1) is 16.6 Å². The number of hydrogen-bond acceptors (Lipinski definition) is 7. The van der Waals surface area contributed by atoms with E-state index in [1.807, 2.05) is 49.6 Å². The summed E-state index contributed by atoms with van der Waals surface area (Å²) in [6.07, 6.45) is 1.72. The maximum atomic E-state index is 13.3. The van der Waals surface area contributed by atoms with Gasteiger partial charge >= 0.3 is 0 Å². The highest BCUT2D eigenvalue weighted by molar-refractivity contribution is 7.98. The van der Waals surface area contributed by atoms with Crippen LogP contribution >= 0.6 is 23.1 Å². The van der Waals surface area contributed by atoms with Gasteiger partial charge in [-0.25, -0.2) is 19.5 Å². The number of aromatic nitrogens is 5. The van der Waals surface area contributed by atoms with Crippen LogP contribution in [0.5, 0.6) is 0 Å². The second-order valence-corrected chi connectivity index (χ2v) is 8.89. The fraction of sp³-hybridized carbons (Fsp3) is 0.136. The van der Waals surface area contributed by atoms with E-state index >= 15 is 0 Å². The minimum Gasteiger partial charge on any atom is -0.269 e. The number of pyridine rings is 1. The Morgan fingerprint density at radius 3 is 2.71 bits per heavy atom. The van der Waals surface area contributed by atoms with Gasteiger partial charge in [-0.15, -0.1) is 11.3 Å². The van der Waals surface area contributed by atoms with Crippen LogP contribution in [0.1, 0.15) is 17.0 Å². The number of benzene rings is 1. The summed E-state index contributed by atoms with van der Waals surface area (Å²) in [4.78, 5) is 40.2. The highest BCUT2D eigenvalue weighted by Gasteiger charge is 2.15. The third kappa shape index (κ3) is 3.55. The Labute approximate surface area is 185 Å². The molecule has 1 aromatic carbocycles. The SMILES string of the molecule is Cc1ccc(-n2c(SCc3cc(=O)n4c(C)csc4n3)nc3ccccc3c2=O)nc1. The molecule has 0 aliphatic heterocycles. The van der Waals surface area contributed by atoms with Gasteiger partial charge in [-0.1, -0.05) is 30.0 Å². The van der Waals surface area contributed by atoms with E-state index in [4.69, 9.17) is 4.98 Å². The molecule has 4 aromatic heterocycles. The summed E-state index contributed by atoms with van der Waals surface area (Å²) in [5, 5.41) is 2.94. The van der Waals surface area contributed by atoms with E-state index in [2.05, 4.69) is 9.97 Å². The Balaban J connectivity index is 1.60. The quantitative estimate of drug-likeness (QED) is 0.308. The van der Waals surface area contributed by atoms with Crippen molar-refractivity contribution >= 4 is 39.0 Å². The monoisotopic (exact) mass is 447 g/mol. The van der Waals surface area contributed by atoms with Crippen LogP contribution in [0.3, 0.4) is 0 Å². The maximum Gasteiger partial charge on any atom is 0.267 e. The number of nitrogens with zero attached hydrogens (tertiary/aromatic N) is 5. The number of fused-ring (bicyclic) bond motifs is 2. The molecule has 5 rings (SSSR count). The molecular weight excluding hydrogens is 430 g/mol. The van der Waals surface area contributed by atoms with Gasteiger partial charge in [0.15, 0.2) is 10.1 Å². The molecule has 0 amide bonds. The Morgan fingerprint density at radius 2 is 1.90 bits per heavy atom. The summed E-state index contributed by atoms with van der Waals surface area (Å²) in [6.45, 7) is 3.83. The van der Waals surface area contributed by atoms with Crippen LogP contribution in [0.25, 0.3) is 21.7 Å². The maximum absolute atomic E-state index is 13.3. The van der Waals surface area contributed by atoms with Crippen LogP contribution in [0.2, 0.25) is 0 Å². The average molecular weight is 448 g/mol. The first kappa shape index (κ1) is 19.7. The van der Waals surface area contributed by atoms with Gasteiger partial charge in [0.2, 0.25) is 0 Å². The second kappa shape index (κ2) is 7.75. The van der Waals surface area contributed by atoms with Crippen molar-refractivity contribution in [2.45, 2.75) is 24.8 Å². The first-order chi connectivity index (χ1) is 15.0. The van der Waals surface area contributed by atoms with E-state index in [0.717, 1.165) is 11.3 Å². The van der Waals surface area contributed by atoms with E-state index in [1.54, 1.807) is 16.7 Å². The average Bonchev–Trinajstić information content (AvgIpc) is 3.14. The summed E-state index contributed by atoms with van der Waals surface area (Å²) in [5.41, 5.74) is 2.85. The Bertz CT molecular complexity index is 1550. The molecule has 5 aromatic rings. The summed E-state index contributed by atoms with van der Waals surface area (Å²) in [5.74, 6) is 0.910. The Morgan fingerprint density at radius 1 is 1.06 bits per heavy atom. The molecule has 0 saturated carbocycles. The van der Waals surface area contributed by atoms with Gasteiger partial charge in [-0.3, -0.25) is 14.0 Å². The van der Waals surface area contributed by atoms with E-state index < -0.39 is 0 Å². The lowest BCUT2D eigenvalue weighted by Gasteiger charge is -2.12. The number of rotatable bonds is 4. The molecule has 0 fully saturated rings. The Kier molecular flexibility index (Phi) is 4.91. The third-order valence-corrected chi connectivity index (χ3v) is 6.76. The summed E-state index contributed by atoms with van der Waals surface area (Å²) in [6, 6.07) is 12.5. The second-order valence-electron chi connectivity index (χ2n) is 7.12. The lowest BCUT2D eigenvalue weighted by molar-refractivity contribution is 0.794. The molecule has 7 nitrogen and oxygen atoms in total. The molecule has 0 spiro atoms. The van der Waals surface area contributed by atoms with Crippen LogP contribution in [-0.4, -0.2) is 23.9 Å². The molecule has 9 heteroatoms. The van der Waals surface area contributed by atoms with Crippen molar-refractivity contribution in [3.8, 4) is 5.82 Å². The first-order valence-corrected chi connectivity index (χ1v) is 11.4. The van der Waals surface area contributed by atoms with Gasteiger partial charge in [-0.05, 0) is 37.6 Å². The van der Waals surface area contributed by atoms with Crippen LogP contribution in [0.15, 0.2) is 68.8 Å². The van der Waals surface area contributed by atoms with Crippen molar-refractivity contribution in [2.24, 2.45) is 0 Å². The predicted molar refractivity (Wildman–Crippen MR) is 124 cm³/mol. The fourth-order valence-corrected chi connectivity index (χ4v) is 5.10. The minimum absolute atomic E-state index is 0.108. The van der Waals surface area contributed by atoms with Crippen molar-refractivity contribution in [1.29, 1.82) is 0 Å². The molecule has 154 valence electrons. The number of thiazole rings is 1. The van der Waals surface area contributed by atoms with Crippen molar-refractivity contribution in [2.75, 3.05) is 0 Å². The van der Waals surface area contributed by atoms with Crippen molar-refractivity contribution in [3.05, 3.63) is 91.7 Å². The van der Waals surface area contributed by atoms with Crippen molar-refractivity contribution in [1.82, 2.24) is 23.9 Å². The number of hydrogen-bond donors (Lipinski definition) is 0. The van der Waals surface area contributed by atoms with Gasteiger partial charge in [0.25, 0.3) is 11.1 Å². The summed E-state index contributed by atoms with van der Waals surface area (Å²) >= 11 is 2.79. The van der Waals surface area contributed by atoms with Crippen LogP contribution in [0, 0.1) is 13.8 Å². The minimum atomic E-state index is -0.179. The van der Waals surface area contributed by atoms with Crippen molar-refractivity contribution in [3.63, 3.8) is 0 Å². The van der Waals surface area contributed by atoms with E-state index in [0.29, 0.717) is 38.3 Å². The van der Waals surface area contributed by atoms with Gasteiger partial charge in [-0.2, -0.15) is 0 Å². The molecule has 0 radical (unpaired) electrons. The summed E-state index contributed by atoms with van der Waals surface area (Å²) in [7, 11) is 0. The lowest BCUT2D eigenvalue weighted by Crippen LogP contribution is -2.22. The highest BCUT2D eigenvalue weighted by atomic mass is 32.2. The largest absolute Gasteiger partial charge is 0.269 e. The van der Waals surface area contributed by atoms with Gasteiger partial charge in [0, 0.05) is 29.1 Å². The Hall–Kier alpha value is -3.30. The number of thioether (sulfide) groups is 1. The van der Waals surface area contributed by atoms with Crippen molar-refractivity contribution < 1.29 is 0 Å². The zero-order valence-electron chi connectivity index (χ0n) is 16.8. The van der Waals surface area contributed by atoms with E-state index in [1.165, 1.54) is 33.7 Å². The fourth-order valence-electron chi connectivity index (χ4n) is 3.32. The number of para-hydroxylation sites is 1. The van der Waals surface area contributed by atoms with E-state index in [9.17, 15) is 9.59 Å². The topological polar surface area (TPSA) is 82.1 Å². The molecule has 0 aliphatic rings. The standard InChI is InChI=1S/C22H17N5O2S2/c1-13-7-8-18(23-10-13)27-20(29)16-5-3-4-6-17(16)25-22(27)31-12-15-9-19(28)26-14(2)11-30-21(26)24-15/h3-11H,12H2,1-2H3. The predicted octanol–water partition coefficient (Wildman–Crippen LogP) is 3.76. The molecule has 4 heterocycles. The normalized spacial score (nSPS) is 11.4. The number of aryl methyl sites for hydroxylation is 2. The first-order valence-electron chi connectivity index (χ1n) is 9.56. The smallest absolute Gasteiger partial charge is 0.267 e. The molecule has 0 saturated heterocycles. The molecular formula is C22H17N5O2S2. The molecule has 0 aliphatic carbocycles. The van der Waals surface area contributed by atoms with Crippen LogP contribution in [-0.2, 0) is 5.75 Å².